The molecule has 0 aliphatic carbocycles. The number of hydrogen-bond acceptors (Lipinski definition) is 5. The highest BCUT2D eigenvalue weighted by atomic mass is 16.5. The lowest BCUT2D eigenvalue weighted by Gasteiger charge is -2.42. The second-order valence-corrected chi connectivity index (χ2v) is 6.70. The second kappa shape index (κ2) is 7.32. The Kier molecular flexibility index (Phi) is 4.73. The first-order valence-electron chi connectivity index (χ1n) is 8.73. The zero-order valence-electron chi connectivity index (χ0n) is 14.8. The van der Waals surface area contributed by atoms with E-state index in [1.165, 1.54) is 5.56 Å². The van der Waals surface area contributed by atoms with E-state index < -0.39 is 0 Å². The van der Waals surface area contributed by atoms with Gasteiger partial charge in [0.25, 0.3) is 0 Å². The van der Waals surface area contributed by atoms with E-state index in [1.807, 2.05) is 36.4 Å². The van der Waals surface area contributed by atoms with E-state index in [0.717, 1.165) is 35.7 Å². The van der Waals surface area contributed by atoms with Crippen LogP contribution in [0.25, 0.3) is 11.3 Å². The summed E-state index contributed by atoms with van der Waals surface area (Å²) in [5.74, 6) is 1.59. The largest absolute Gasteiger partial charge is 0.497 e. The summed E-state index contributed by atoms with van der Waals surface area (Å²) in [5.41, 5.74) is 3.10. The van der Waals surface area contributed by atoms with Gasteiger partial charge in [0, 0.05) is 24.6 Å². The number of methoxy groups -OCH3 is 1. The van der Waals surface area contributed by atoms with E-state index in [0.29, 0.717) is 13.2 Å². The van der Waals surface area contributed by atoms with Gasteiger partial charge in [0.1, 0.15) is 5.75 Å². The Bertz CT molecular complexity index is 839. The Morgan fingerprint density at radius 2 is 1.85 bits per heavy atom. The van der Waals surface area contributed by atoms with Crippen LogP contribution in [0.4, 0.5) is 0 Å². The first-order valence-corrected chi connectivity index (χ1v) is 8.73. The van der Waals surface area contributed by atoms with E-state index >= 15 is 0 Å². The van der Waals surface area contributed by atoms with Gasteiger partial charge in [0.05, 0.1) is 31.6 Å². The summed E-state index contributed by atoms with van der Waals surface area (Å²) in [7, 11) is 1.66. The van der Waals surface area contributed by atoms with Gasteiger partial charge in [0.15, 0.2) is 5.76 Å². The van der Waals surface area contributed by atoms with Crippen molar-refractivity contribution in [3.05, 3.63) is 71.9 Å². The van der Waals surface area contributed by atoms with Crippen LogP contribution in [0.15, 0.2) is 65.2 Å². The molecule has 3 aromatic rings. The molecule has 0 spiro atoms. The molecule has 4 rings (SSSR count). The van der Waals surface area contributed by atoms with Crippen molar-refractivity contribution in [2.45, 2.75) is 18.5 Å². The third kappa shape index (κ3) is 3.64. The lowest BCUT2D eigenvalue weighted by Crippen LogP contribution is -2.61. The minimum Gasteiger partial charge on any atom is -0.497 e. The van der Waals surface area contributed by atoms with Crippen LogP contribution in [0, 0.1) is 0 Å². The molecule has 0 bridgehead atoms. The first kappa shape index (κ1) is 16.8. The predicted octanol–water partition coefficient (Wildman–Crippen LogP) is 3.45. The maximum Gasteiger partial charge on any atom is 0.167 e. The van der Waals surface area contributed by atoms with Gasteiger partial charge in [-0.25, -0.2) is 0 Å². The molecular weight excluding hydrogens is 328 g/mol. The maximum atomic E-state index is 5.54. The summed E-state index contributed by atoms with van der Waals surface area (Å²) in [6.45, 7) is 2.18. The molecule has 2 heterocycles. The standard InChI is InChI=1S/C21H22N2O3/c1-24-19-9-7-17(8-10-19)20-11-18(23-26-20)12-21(14-25-15-21)22-13-16-5-3-2-4-6-16/h2-11,22H,12-15H2,1H3. The molecule has 134 valence electrons. The molecule has 1 fully saturated rings. The molecule has 0 saturated carbocycles. The van der Waals surface area contributed by atoms with Gasteiger partial charge in [-0.15, -0.1) is 0 Å². The Labute approximate surface area is 152 Å². The van der Waals surface area contributed by atoms with E-state index in [9.17, 15) is 0 Å². The van der Waals surface area contributed by atoms with Crippen LogP contribution in [-0.4, -0.2) is 31.0 Å². The van der Waals surface area contributed by atoms with Crippen molar-refractivity contribution < 1.29 is 14.0 Å². The van der Waals surface area contributed by atoms with Crippen LogP contribution in [0.1, 0.15) is 11.3 Å². The molecule has 1 aliphatic heterocycles. The van der Waals surface area contributed by atoms with Crippen LogP contribution in [0.5, 0.6) is 5.75 Å². The molecule has 0 radical (unpaired) electrons. The van der Waals surface area contributed by atoms with Crippen LogP contribution in [-0.2, 0) is 17.7 Å². The van der Waals surface area contributed by atoms with Crippen LogP contribution >= 0.6 is 0 Å². The Balaban J connectivity index is 1.43. The zero-order chi connectivity index (χ0) is 17.8. The Morgan fingerprint density at radius 1 is 1.08 bits per heavy atom. The average Bonchev–Trinajstić information content (AvgIpc) is 3.13. The number of benzene rings is 2. The molecule has 1 aromatic heterocycles. The van der Waals surface area contributed by atoms with Crippen LogP contribution in [0.2, 0.25) is 0 Å². The van der Waals surface area contributed by atoms with Crippen LogP contribution in [0.3, 0.4) is 0 Å². The molecule has 1 aliphatic rings. The van der Waals surface area contributed by atoms with Crippen molar-refractivity contribution in [2.75, 3.05) is 20.3 Å². The fourth-order valence-corrected chi connectivity index (χ4v) is 3.13. The lowest BCUT2D eigenvalue weighted by atomic mass is 9.90. The maximum absolute atomic E-state index is 5.54. The number of aromatic nitrogens is 1. The van der Waals surface area contributed by atoms with Gasteiger partial charge in [-0.3, -0.25) is 0 Å². The molecule has 1 saturated heterocycles. The number of hydrogen-bond donors (Lipinski definition) is 1. The number of ether oxygens (including phenoxy) is 2. The minimum atomic E-state index is -0.0795. The number of nitrogens with zero attached hydrogens (tertiary/aromatic N) is 1. The minimum absolute atomic E-state index is 0.0795. The van der Waals surface area contributed by atoms with Gasteiger partial charge in [-0.1, -0.05) is 35.5 Å². The molecule has 0 unspecified atom stereocenters. The molecule has 5 nitrogen and oxygen atoms in total. The van der Waals surface area contributed by atoms with E-state index in [2.05, 4.69) is 34.7 Å². The normalized spacial score (nSPS) is 15.4. The lowest BCUT2D eigenvalue weighted by molar-refractivity contribution is -0.0755. The smallest absolute Gasteiger partial charge is 0.167 e. The molecule has 26 heavy (non-hydrogen) atoms. The quantitative estimate of drug-likeness (QED) is 0.707. The summed E-state index contributed by atoms with van der Waals surface area (Å²) in [6, 6.07) is 20.2. The summed E-state index contributed by atoms with van der Waals surface area (Å²) in [4.78, 5) is 0. The highest BCUT2D eigenvalue weighted by Gasteiger charge is 2.39. The van der Waals surface area contributed by atoms with Gasteiger partial charge in [-0.05, 0) is 29.8 Å². The molecule has 2 aromatic carbocycles. The SMILES string of the molecule is COc1ccc(-c2cc(CC3(NCc4ccccc4)COC3)no2)cc1. The molecular formula is C21H22N2O3. The van der Waals surface area contributed by atoms with Crippen molar-refractivity contribution in [1.29, 1.82) is 0 Å². The predicted molar refractivity (Wildman–Crippen MR) is 99.0 cm³/mol. The highest BCUT2D eigenvalue weighted by molar-refractivity contribution is 5.58. The van der Waals surface area contributed by atoms with Gasteiger partial charge in [0.2, 0.25) is 0 Å². The third-order valence-electron chi connectivity index (χ3n) is 4.72. The molecule has 1 N–H and O–H groups in total. The fraction of sp³-hybridized carbons (Fsp3) is 0.286. The highest BCUT2D eigenvalue weighted by Crippen LogP contribution is 2.27. The molecule has 0 amide bonds. The van der Waals surface area contributed by atoms with Crippen molar-refractivity contribution in [3.63, 3.8) is 0 Å². The number of rotatable bonds is 7. The van der Waals surface area contributed by atoms with Crippen molar-refractivity contribution in [3.8, 4) is 17.1 Å². The third-order valence-corrected chi connectivity index (χ3v) is 4.72. The van der Waals surface area contributed by atoms with Gasteiger partial charge < -0.3 is 19.3 Å². The average molecular weight is 350 g/mol. The fourth-order valence-electron chi connectivity index (χ4n) is 3.13. The Hall–Kier alpha value is -2.63. The van der Waals surface area contributed by atoms with E-state index in [-0.39, 0.29) is 5.54 Å². The van der Waals surface area contributed by atoms with Crippen LogP contribution < -0.4 is 10.1 Å². The van der Waals surface area contributed by atoms with E-state index in [4.69, 9.17) is 14.0 Å². The topological polar surface area (TPSA) is 56.5 Å². The Morgan fingerprint density at radius 3 is 2.50 bits per heavy atom. The van der Waals surface area contributed by atoms with Crippen molar-refractivity contribution in [1.82, 2.24) is 10.5 Å². The monoisotopic (exact) mass is 350 g/mol. The van der Waals surface area contributed by atoms with Gasteiger partial charge >= 0.3 is 0 Å². The zero-order valence-corrected chi connectivity index (χ0v) is 14.8. The number of nitrogens with one attached hydrogen (secondary N) is 1. The van der Waals surface area contributed by atoms with E-state index in [1.54, 1.807) is 7.11 Å². The summed E-state index contributed by atoms with van der Waals surface area (Å²) in [6.07, 6.45) is 0.777. The molecule has 5 heteroatoms. The van der Waals surface area contributed by atoms with Crippen molar-refractivity contribution >= 4 is 0 Å². The van der Waals surface area contributed by atoms with Crippen molar-refractivity contribution in [2.24, 2.45) is 0 Å². The second-order valence-electron chi connectivity index (χ2n) is 6.70. The summed E-state index contributed by atoms with van der Waals surface area (Å²) in [5, 5.41) is 7.89. The summed E-state index contributed by atoms with van der Waals surface area (Å²) >= 11 is 0. The first-order chi connectivity index (χ1) is 12.8. The molecule has 0 atom stereocenters. The van der Waals surface area contributed by atoms with Gasteiger partial charge in [-0.2, -0.15) is 0 Å². The summed E-state index contributed by atoms with van der Waals surface area (Å²) < 4.78 is 16.2.